The Morgan fingerprint density at radius 2 is 1.71 bits per heavy atom. The first-order valence-corrected chi connectivity index (χ1v) is 15.0. The van der Waals surface area contributed by atoms with Crippen LogP contribution in [0.3, 0.4) is 0 Å². The largest absolute Gasteiger partial charge is 0.508 e. The van der Waals surface area contributed by atoms with Crippen molar-refractivity contribution in [3.05, 3.63) is 107 Å². The van der Waals surface area contributed by atoms with Gasteiger partial charge in [0.1, 0.15) is 18.5 Å². The molecule has 2 atom stereocenters. The predicted octanol–water partition coefficient (Wildman–Crippen LogP) is 4.37. The molecule has 11 heteroatoms. The Labute approximate surface area is 268 Å². The maximum Gasteiger partial charge on any atom is 0.242 e. The molecule has 1 aromatic heterocycles. The Morgan fingerprint density at radius 3 is 2.36 bits per heavy atom. The average molecular weight is 631 g/mol. The first-order chi connectivity index (χ1) is 21.6. The van der Waals surface area contributed by atoms with E-state index in [-0.39, 0.29) is 37.5 Å². The van der Waals surface area contributed by atoms with Gasteiger partial charge in [-0.15, -0.1) is 0 Å². The van der Waals surface area contributed by atoms with Gasteiger partial charge in [0.05, 0.1) is 24.6 Å². The van der Waals surface area contributed by atoms with E-state index in [9.17, 15) is 14.4 Å². The summed E-state index contributed by atoms with van der Waals surface area (Å²) < 4.78 is 0. The monoisotopic (exact) mass is 630 g/mol. The van der Waals surface area contributed by atoms with Gasteiger partial charge in [-0.1, -0.05) is 65.7 Å². The van der Waals surface area contributed by atoms with Gasteiger partial charge >= 0.3 is 0 Å². The number of carbonyl (C=O) groups is 3. The van der Waals surface area contributed by atoms with Crippen LogP contribution in [0.5, 0.6) is 5.75 Å². The van der Waals surface area contributed by atoms with Gasteiger partial charge < -0.3 is 20.2 Å². The fourth-order valence-corrected chi connectivity index (χ4v) is 5.54. The zero-order chi connectivity index (χ0) is 32.5. The van der Waals surface area contributed by atoms with Crippen LogP contribution in [-0.2, 0) is 20.9 Å². The van der Waals surface area contributed by atoms with Gasteiger partial charge in [-0.25, -0.2) is 5.01 Å². The summed E-state index contributed by atoms with van der Waals surface area (Å²) in [6.45, 7) is 5.12. The summed E-state index contributed by atoms with van der Waals surface area (Å²) in [6.07, 6.45) is 1.87. The van der Waals surface area contributed by atoms with Crippen molar-refractivity contribution in [1.29, 1.82) is 0 Å². The highest BCUT2D eigenvalue weighted by Gasteiger charge is 2.44. The summed E-state index contributed by atoms with van der Waals surface area (Å²) in [7, 11) is 3.64. The minimum Gasteiger partial charge on any atom is -0.508 e. The molecule has 0 spiro atoms. The fraction of sp³-hybridized carbons (Fsp3) is 0.294. The highest BCUT2D eigenvalue weighted by atomic mass is 35.5. The number of hydrogen-bond donors (Lipinski definition) is 2. The van der Waals surface area contributed by atoms with Crippen molar-refractivity contribution in [2.75, 3.05) is 33.7 Å². The molecular formula is C34H39ClN6O4. The number of phenols is 1. The molecule has 3 aromatic carbocycles. The molecule has 6 rings (SSSR count). The minimum atomic E-state index is -0.518. The number of hydrogen-bond acceptors (Lipinski definition) is 7. The van der Waals surface area contributed by atoms with E-state index in [4.69, 9.17) is 16.7 Å². The van der Waals surface area contributed by atoms with Gasteiger partial charge in [-0.3, -0.25) is 24.4 Å². The molecule has 0 saturated carbocycles. The standard InChI is InChI=1S/C19H20ClN5O3.C8H11N.C7H8O/c1-12(13-5-6-15(20)14-4-3-7-21-19(13)14)23-8-16-24(10-18(23)28)17(27)9-22(2)25(16)11-26;1-9-7-8-5-3-2-4-6-8;1-6-2-4-7(8)5-3-6/h3-7,11-12,16H,8-10H2,1-2H3;2-6,9H,7H2,1H3;2-5,8H,1H3/t12-,16?;;/m1../s1. The van der Waals surface area contributed by atoms with Gasteiger partial charge in [0.25, 0.3) is 0 Å². The second-order valence-corrected chi connectivity index (χ2v) is 11.3. The number of fused-ring (bicyclic) bond motifs is 2. The Balaban J connectivity index is 0.000000220. The summed E-state index contributed by atoms with van der Waals surface area (Å²) in [5.74, 6) is 0.00648. The number of amides is 3. The number of halogens is 1. The van der Waals surface area contributed by atoms with Crippen LogP contribution in [0.2, 0.25) is 5.02 Å². The summed E-state index contributed by atoms with van der Waals surface area (Å²) >= 11 is 6.29. The zero-order valence-electron chi connectivity index (χ0n) is 25.9. The maximum atomic E-state index is 12.9. The molecule has 3 amide bonds. The molecule has 2 saturated heterocycles. The van der Waals surface area contributed by atoms with Crippen LogP contribution in [0.4, 0.5) is 0 Å². The number of likely N-dealkylation sites (N-methyl/N-ethyl adjacent to an activating group) is 1. The van der Waals surface area contributed by atoms with Crippen molar-refractivity contribution in [3.63, 3.8) is 0 Å². The van der Waals surface area contributed by atoms with Gasteiger partial charge in [-0.05, 0) is 56.8 Å². The van der Waals surface area contributed by atoms with Crippen molar-refractivity contribution >= 4 is 40.7 Å². The number of phenolic OH excluding ortho intramolecular Hbond substituents is 1. The van der Waals surface area contributed by atoms with Crippen molar-refractivity contribution in [1.82, 2.24) is 30.1 Å². The smallest absolute Gasteiger partial charge is 0.242 e. The second kappa shape index (κ2) is 15.5. The second-order valence-electron chi connectivity index (χ2n) is 10.9. The van der Waals surface area contributed by atoms with Crippen LogP contribution in [0.1, 0.15) is 29.7 Å². The van der Waals surface area contributed by atoms with Crippen LogP contribution >= 0.6 is 11.6 Å². The van der Waals surface area contributed by atoms with E-state index in [1.807, 2.05) is 69.4 Å². The van der Waals surface area contributed by atoms with Gasteiger partial charge in [-0.2, -0.15) is 0 Å². The number of aromatic hydroxyl groups is 1. The third-order valence-electron chi connectivity index (χ3n) is 7.76. The molecule has 10 nitrogen and oxygen atoms in total. The maximum absolute atomic E-state index is 12.9. The van der Waals surface area contributed by atoms with E-state index >= 15 is 0 Å². The number of aryl methyl sites for hydroxylation is 1. The Kier molecular flexibility index (Phi) is 11.5. The Morgan fingerprint density at radius 1 is 1.00 bits per heavy atom. The van der Waals surface area contributed by atoms with Crippen LogP contribution < -0.4 is 5.32 Å². The third kappa shape index (κ3) is 8.16. The lowest BCUT2D eigenvalue weighted by Crippen LogP contribution is -2.71. The minimum absolute atomic E-state index is 0.0506. The number of aromatic nitrogens is 1. The Bertz CT molecular complexity index is 1580. The van der Waals surface area contributed by atoms with Crippen LogP contribution in [0, 0.1) is 6.92 Å². The SMILES string of the molecule is CNCc1ccccc1.C[C@H](c1ccc(Cl)c2cccnc12)N1CC2N(CC1=O)C(=O)CN(C)N2C=O.Cc1ccc(O)cc1. The quantitative estimate of drug-likeness (QED) is 0.315. The number of nitrogens with zero attached hydrogens (tertiary/aromatic N) is 5. The molecule has 2 aliphatic heterocycles. The van der Waals surface area contributed by atoms with Gasteiger partial charge in [0, 0.05) is 35.8 Å². The molecule has 2 fully saturated rings. The fourth-order valence-electron chi connectivity index (χ4n) is 5.33. The molecule has 0 radical (unpaired) electrons. The number of pyridine rings is 1. The topological polar surface area (TPSA) is 109 Å². The van der Waals surface area contributed by atoms with Crippen LogP contribution in [0.25, 0.3) is 10.9 Å². The van der Waals surface area contributed by atoms with E-state index < -0.39 is 6.17 Å². The normalized spacial score (nSPS) is 17.1. The third-order valence-corrected chi connectivity index (χ3v) is 8.09. The molecule has 0 bridgehead atoms. The lowest BCUT2D eigenvalue weighted by molar-refractivity contribution is -0.190. The number of benzene rings is 3. The predicted molar refractivity (Wildman–Crippen MR) is 175 cm³/mol. The molecule has 1 unspecified atom stereocenters. The number of nitrogens with one attached hydrogen (secondary N) is 1. The first kappa shape index (κ1) is 33.4. The molecule has 4 aromatic rings. The summed E-state index contributed by atoms with van der Waals surface area (Å²) in [4.78, 5) is 44.4. The molecule has 45 heavy (non-hydrogen) atoms. The molecule has 2 aliphatic rings. The lowest BCUT2D eigenvalue weighted by Gasteiger charge is -2.51. The van der Waals surface area contributed by atoms with Crippen molar-refractivity contribution < 1.29 is 19.5 Å². The molecule has 0 aliphatic carbocycles. The van der Waals surface area contributed by atoms with E-state index in [1.165, 1.54) is 21.0 Å². The number of rotatable bonds is 5. The molecule has 2 N–H and O–H groups in total. The van der Waals surface area contributed by atoms with Crippen molar-refractivity contribution in [3.8, 4) is 5.75 Å². The van der Waals surface area contributed by atoms with E-state index in [1.54, 1.807) is 41.4 Å². The van der Waals surface area contributed by atoms with E-state index in [0.717, 1.165) is 23.0 Å². The van der Waals surface area contributed by atoms with Crippen molar-refractivity contribution in [2.24, 2.45) is 0 Å². The van der Waals surface area contributed by atoms with Gasteiger partial charge in [0.2, 0.25) is 18.2 Å². The van der Waals surface area contributed by atoms with Crippen molar-refractivity contribution in [2.45, 2.75) is 32.6 Å². The summed E-state index contributed by atoms with van der Waals surface area (Å²) in [6, 6.07) is 24.5. The van der Waals surface area contributed by atoms with Crippen LogP contribution in [-0.4, -0.2) is 88.0 Å². The Hall–Kier alpha value is -4.51. The van der Waals surface area contributed by atoms with E-state index in [0.29, 0.717) is 17.2 Å². The lowest BCUT2D eigenvalue weighted by atomic mass is 10.0. The summed E-state index contributed by atoms with van der Waals surface area (Å²) in [5, 5.41) is 16.3. The average Bonchev–Trinajstić information content (AvgIpc) is 3.04. The van der Waals surface area contributed by atoms with E-state index in [2.05, 4.69) is 22.4 Å². The number of carbonyl (C=O) groups excluding carboxylic acids is 3. The molecular weight excluding hydrogens is 592 g/mol. The number of piperazine rings is 1. The highest BCUT2D eigenvalue weighted by molar-refractivity contribution is 6.35. The van der Waals surface area contributed by atoms with Crippen LogP contribution in [0.15, 0.2) is 85.1 Å². The zero-order valence-corrected chi connectivity index (χ0v) is 26.7. The number of hydrazine groups is 1. The molecule has 236 valence electrons. The highest BCUT2D eigenvalue weighted by Crippen LogP contribution is 2.33. The summed E-state index contributed by atoms with van der Waals surface area (Å²) in [5.41, 5.74) is 4.11. The molecule has 3 heterocycles. The first-order valence-electron chi connectivity index (χ1n) is 14.7. The van der Waals surface area contributed by atoms with Gasteiger partial charge in [0.15, 0.2) is 0 Å².